The monoisotopic (exact) mass is 248 g/mol. The van der Waals surface area contributed by atoms with E-state index in [1.165, 1.54) is 22.5 Å². The average Bonchev–Trinajstić information content (AvgIpc) is 2.30. The van der Waals surface area contributed by atoms with Crippen LogP contribution in [0, 0.1) is 0 Å². The van der Waals surface area contributed by atoms with Crippen molar-refractivity contribution in [2.24, 2.45) is 0 Å². The average molecular weight is 248 g/mol. The van der Waals surface area contributed by atoms with Gasteiger partial charge >= 0.3 is 0 Å². The number of benzene rings is 1. The summed E-state index contributed by atoms with van der Waals surface area (Å²) in [5, 5.41) is 0. The molecule has 0 N–H and O–H groups in total. The Morgan fingerprint density at radius 1 is 1.00 bits per heavy atom. The van der Waals surface area contributed by atoms with Crippen LogP contribution in [-0.2, 0) is 6.42 Å². The van der Waals surface area contributed by atoms with Crippen molar-refractivity contribution >= 4 is 11.4 Å². The second-order valence-corrected chi connectivity index (χ2v) is 4.70. The molecule has 0 atom stereocenters. The maximum atomic E-state index is 4.01. The Morgan fingerprint density at radius 3 is 1.67 bits per heavy atom. The van der Waals surface area contributed by atoms with E-state index >= 15 is 0 Å². The smallest absolute Gasteiger partial charge is 0.0417 e. The molecule has 1 rings (SSSR count). The molecule has 0 saturated heterocycles. The summed E-state index contributed by atoms with van der Waals surface area (Å²) in [5.41, 5.74) is 5.09. The second kappa shape index (κ2) is 7.80. The summed E-state index contributed by atoms with van der Waals surface area (Å²) in [4.78, 5) is 4.32. The molecule has 2 heteroatoms. The Bertz CT molecular complexity index is 352. The first-order chi connectivity index (χ1) is 8.43. The second-order valence-electron chi connectivity index (χ2n) is 4.70. The zero-order valence-corrected chi connectivity index (χ0v) is 13.0. The molecule has 0 heterocycles. The van der Waals surface area contributed by atoms with Crippen molar-refractivity contribution in [3.63, 3.8) is 0 Å². The van der Waals surface area contributed by atoms with E-state index in [-0.39, 0.29) is 0 Å². The van der Waals surface area contributed by atoms with Crippen molar-refractivity contribution in [1.29, 1.82) is 0 Å². The van der Waals surface area contributed by atoms with Crippen molar-refractivity contribution in [3.05, 3.63) is 35.9 Å². The molecule has 0 spiro atoms. The van der Waals surface area contributed by atoms with Crippen LogP contribution < -0.4 is 9.80 Å². The highest BCUT2D eigenvalue weighted by molar-refractivity contribution is 5.67. The fraction of sp³-hybridized carbons (Fsp3) is 0.500. The van der Waals surface area contributed by atoms with Gasteiger partial charge in [0.05, 0.1) is 0 Å². The molecule has 0 saturated carbocycles. The van der Waals surface area contributed by atoms with Crippen LogP contribution in [0.25, 0.3) is 0 Å². The largest absolute Gasteiger partial charge is 0.377 e. The van der Waals surface area contributed by atoms with Gasteiger partial charge in [-0.1, -0.05) is 32.1 Å². The molecule has 0 fully saturated rings. The zero-order chi connectivity index (χ0) is 14.3. The van der Waals surface area contributed by atoms with Crippen LogP contribution in [0.3, 0.4) is 0 Å². The molecule has 102 valence electrons. The van der Waals surface area contributed by atoms with E-state index in [9.17, 15) is 0 Å². The lowest BCUT2D eigenvalue weighted by atomic mass is 10.0. The number of nitrogens with zero attached hydrogens (tertiary/aromatic N) is 2. The van der Waals surface area contributed by atoms with Gasteiger partial charge in [0.25, 0.3) is 0 Å². The Kier molecular flexibility index (Phi) is 7.18. The van der Waals surface area contributed by atoms with Crippen LogP contribution >= 0.6 is 0 Å². The lowest BCUT2D eigenvalue weighted by Crippen LogP contribution is -2.16. The van der Waals surface area contributed by atoms with Crippen LogP contribution in [-0.4, -0.2) is 28.2 Å². The van der Waals surface area contributed by atoms with Gasteiger partial charge in [0.15, 0.2) is 0 Å². The normalized spacial score (nSPS) is 9.28. The van der Waals surface area contributed by atoms with Gasteiger partial charge < -0.3 is 9.80 Å². The van der Waals surface area contributed by atoms with Crippen molar-refractivity contribution in [2.75, 3.05) is 38.0 Å². The summed E-state index contributed by atoms with van der Waals surface area (Å²) in [7, 11) is 8.32. The molecule has 0 aliphatic rings. The molecule has 0 bridgehead atoms. The predicted molar refractivity (Wildman–Crippen MR) is 85.0 cm³/mol. The quantitative estimate of drug-likeness (QED) is 0.744. The molecule has 0 aliphatic heterocycles. The van der Waals surface area contributed by atoms with E-state index in [1.54, 1.807) is 0 Å². The minimum absolute atomic E-state index is 0.932. The van der Waals surface area contributed by atoms with Crippen LogP contribution in [0.1, 0.15) is 26.3 Å². The van der Waals surface area contributed by atoms with Crippen molar-refractivity contribution in [3.8, 4) is 0 Å². The molecule has 18 heavy (non-hydrogen) atoms. The summed E-state index contributed by atoms with van der Waals surface area (Å²) in [5.74, 6) is 0. The molecule has 0 unspecified atom stereocenters. The highest BCUT2D eigenvalue weighted by Crippen LogP contribution is 2.30. The van der Waals surface area contributed by atoms with E-state index in [2.05, 4.69) is 69.7 Å². The van der Waals surface area contributed by atoms with Gasteiger partial charge in [0, 0.05) is 45.1 Å². The highest BCUT2D eigenvalue weighted by Gasteiger charge is 2.11. The Labute approximate surface area is 113 Å². The van der Waals surface area contributed by atoms with E-state index < -0.39 is 0 Å². The molecular weight excluding hydrogens is 220 g/mol. The fourth-order valence-electron chi connectivity index (χ4n) is 1.88. The lowest BCUT2D eigenvalue weighted by Gasteiger charge is -2.24. The van der Waals surface area contributed by atoms with Crippen molar-refractivity contribution in [1.82, 2.24) is 0 Å². The summed E-state index contributed by atoms with van der Waals surface area (Å²) < 4.78 is 0. The van der Waals surface area contributed by atoms with Gasteiger partial charge in [-0.3, -0.25) is 0 Å². The standard InChI is InChI=1S/C14H22N2.C2H6/c1-11(2)10-12-13(15(3)4)8-7-9-14(12)16(5)6;1-2/h7-9H,1,10H2,2-6H3;1-2H3. The van der Waals surface area contributed by atoms with Gasteiger partial charge in [0.2, 0.25) is 0 Å². The Balaban J connectivity index is 0.00000137. The number of anilines is 2. The minimum Gasteiger partial charge on any atom is -0.377 e. The molecule has 1 aromatic carbocycles. The molecular formula is C16H28N2. The fourth-order valence-corrected chi connectivity index (χ4v) is 1.88. The van der Waals surface area contributed by atoms with Crippen LogP contribution in [0.2, 0.25) is 0 Å². The van der Waals surface area contributed by atoms with Gasteiger partial charge in [-0.2, -0.15) is 0 Å². The zero-order valence-electron chi connectivity index (χ0n) is 13.0. The lowest BCUT2D eigenvalue weighted by molar-refractivity contribution is 1.03. The Morgan fingerprint density at radius 2 is 1.39 bits per heavy atom. The minimum atomic E-state index is 0.932. The third-order valence-corrected chi connectivity index (χ3v) is 2.57. The third kappa shape index (κ3) is 4.44. The molecule has 0 aliphatic carbocycles. The summed E-state index contributed by atoms with van der Waals surface area (Å²) in [6.45, 7) is 10.1. The topological polar surface area (TPSA) is 6.48 Å². The van der Waals surface area contributed by atoms with Gasteiger partial charge in [-0.05, 0) is 25.5 Å². The number of hydrogen-bond donors (Lipinski definition) is 0. The molecule has 0 radical (unpaired) electrons. The van der Waals surface area contributed by atoms with E-state index in [0.29, 0.717) is 0 Å². The molecule has 2 nitrogen and oxygen atoms in total. The molecule has 0 aromatic heterocycles. The number of allylic oxidation sites excluding steroid dienone is 1. The number of rotatable bonds is 4. The molecule has 0 amide bonds. The van der Waals surface area contributed by atoms with Gasteiger partial charge in [-0.15, -0.1) is 0 Å². The SMILES string of the molecule is C=C(C)Cc1c(N(C)C)cccc1N(C)C.CC. The van der Waals surface area contributed by atoms with E-state index in [0.717, 1.165) is 6.42 Å². The first kappa shape index (κ1) is 16.6. The maximum Gasteiger partial charge on any atom is 0.0417 e. The number of hydrogen-bond acceptors (Lipinski definition) is 2. The highest BCUT2D eigenvalue weighted by atomic mass is 15.1. The van der Waals surface area contributed by atoms with Crippen molar-refractivity contribution in [2.45, 2.75) is 27.2 Å². The Hall–Kier alpha value is -1.44. The summed E-state index contributed by atoms with van der Waals surface area (Å²) >= 11 is 0. The first-order valence-electron chi connectivity index (χ1n) is 6.54. The van der Waals surface area contributed by atoms with E-state index in [4.69, 9.17) is 0 Å². The predicted octanol–water partition coefficient (Wildman–Crippen LogP) is 3.96. The third-order valence-electron chi connectivity index (χ3n) is 2.57. The van der Waals surface area contributed by atoms with Crippen LogP contribution in [0.4, 0.5) is 11.4 Å². The summed E-state index contributed by atoms with van der Waals surface area (Å²) in [6, 6.07) is 6.42. The van der Waals surface area contributed by atoms with E-state index in [1.807, 2.05) is 13.8 Å². The summed E-state index contributed by atoms with van der Waals surface area (Å²) in [6.07, 6.45) is 0.932. The van der Waals surface area contributed by atoms with Crippen LogP contribution in [0.15, 0.2) is 30.4 Å². The van der Waals surface area contributed by atoms with Crippen molar-refractivity contribution < 1.29 is 0 Å². The van der Waals surface area contributed by atoms with Gasteiger partial charge in [0.1, 0.15) is 0 Å². The maximum absolute atomic E-state index is 4.01. The first-order valence-corrected chi connectivity index (χ1v) is 6.54. The molecule has 1 aromatic rings. The van der Waals surface area contributed by atoms with Crippen LogP contribution in [0.5, 0.6) is 0 Å². The van der Waals surface area contributed by atoms with Gasteiger partial charge in [-0.25, -0.2) is 0 Å².